The molecular formula is C25H25ClFN3O4. The second kappa shape index (κ2) is 10.9. The summed E-state index contributed by atoms with van der Waals surface area (Å²) in [5.74, 6) is -0.276. The maximum Gasteiger partial charge on any atom is 0.296 e. The SMILES string of the molecule is COC[C@@H](C[C@H](O)CCO)Oc1nc2nc(-c3ccc(-c4ccc(F)cc4)cc3)c(Cl)cc2[nH]1. The number of ether oxygens (including phenoxy) is 2. The van der Waals surface area contributed by atoms with Crippen LogP contribution in [0, 0.1) is 5.82 Å². The zero-order chi connectivity index (χ0) is 24.1. The molecule has 3 N–H and O–H groups in total. The maximum atomic E-state index is 13.2. The van der Waals surface area contributed by atoms with E-state index in [0.29, 0.717) is 21.9 Å². The van der Waals surface area contributed by atoms with Crippen LogP contribution in [0.25, 0.3) is 33.5 Å². The van der Waals surface area contributed by atoms with Gasteiger partial charge in [-0.2, -0.15) is 4.98 Å². The monoisotopic (exact) mass is 485 g/mol. The first kappa shape index (κ1) is 24.1. The summed E-state index contributed by atoms with van der Waals surface area (Å²) in [4.78, 5) is 12.1. The number of nitrogens with zero attached hydrogens (tertiary/aromatic N) is 2. The van der Waals surface area contributed by atoms with Crippen molar-refractivity contribution in [1.82, 2.24) is 15.0 Å². The minimum Gasteiger partial charge on any atom is -0.459 e. The van der Waals surface area contributed by atoms with Crippen LogP contribution in [0.2, 0.25) is 5.02 Å². The van der Waals surface area contributed by atoms with E-state index in [-0.39, 0.29) is 37.9 Å². The number of aromatic nitrogens is 3. The molecule has 0 amide bonds. The molecule has 4 rings (SSSR count). The van der Waals surface area contributed by atoms with E-state index in [1.807, 2.05) is 24.3 Å². The highest BCUT2D eigenvalue weighted by Crippen LogP contribution is 2.31. The van der Waals surface area contributed by atoms with E-state index in [4.69, 9.17) is 26.2 Å². The third-order valence-electron chi connectivity index (χ3n) is 5.37. The van der Waals surface area contributed by atoms with Crippen molar-refractivity contribution < 1.29 is 24.1 Å². The van der Waals surface area contributed by atoms with E-state index in [0.717, 1.165) is 16.7 Å². The maximum absolute atomic E-state index is 13.2. The number of hydrogen-bond acceptors (Lipinski definition) is 6. The first-order chi connectivity index (χ1) is 16.5. The number of methoxy groups -OCH3 is 1. The second-order valence-corrected chi connectivity index (χ2v) is 8.32. The molecule has 0 bridgehead atoms. The van der Waals surface area contributed by atoms with Crippen LogP contribution in [0.1, 0.15) is 12.8 Å². The number of nitrogens with one attached hydrogen (secondary N) is 1. The average Bonchev–Trinajstić information content (AvgIpc) is 3.20. The predicted molar refractivity (Wildman–Crippen MR) is 128 cm³/mol. The van der Waals surface area contributed by atoms with E-state index in [1.165, 1.54) is 12.1 Å². The fourth-order valence-electron chi connectivity index (χ4n) is 3.68. The molecular weight excluding hydrogens is 461 g/mol. The van der Waals surface area contributed by atoms with Crippen LogP contribution in [-0.2, 0) is 4.74 Å². The van der Waals surface area contributed by atoms with Crippen molar-refractivity contribution in [3.05, 3.63) is 65.4 Å². The molecule has 4 aromatic rings. The minimum atomic E-state index is -0.716. The number of pyridine rings is 1. The molecule has 0 fully saturated rings. The van der Waals surface area contributed by atoms with Crippen molar-refractivity contribution in [1.29, 1.82) is 0 Å². The number of fused-ring (bicyclic) bond motifs is 1. The molecule has 0 aliphatic carbocycles. The van der Waals surface area contributed by atoms with Crippen LogP contribution >= 0.6 is 11.6 Å². The van der Waals surface area contributed by atoms with Crippen LogP contribution in [0.15, 0.2) is 54.6 Å². The summed E-state index contributed by atoms with van der Waals surface area (Å²) in [5, 5.41) is 19.5. The zero-order valence-electron chi connectivity index (χ0n) is 18.5. The quantitative estimate of drug-likeness (QED) is 0.303. The van der Waals surface area contributed by atoms with Gasteiger partial charge in [-0.05, 0) is 35.7 Å². The summed E-state index contributed by atoms with van der Waals surface area (Å²) in [6.07, 6.45) is -0.636. The fraction of sp³-hybridized carbons (Fsp3) is 0.280. The van der Waals surface area contributed by atoms with Gasteiger partial charge in [-0.15, -0.1) is 0 Å². The average molecular weight is 486 g/mol. The Morgan fingerprint density at radius 1 is 1.03 bits per heavy atom. The van der Waals surface area contributed by atoms with E-state index in [9.17, 15) is 9.50 Å². The second-order valence-electron chi connectivity index (χ2n) is 7.91. The number of halogens is 2. The highest BCUT2D eigenvalue weighted by atomic mass is 35.5. The van der Waals surface area contributed by atoms with Crippen LogP contribution in [0.3, 0.4) is 0 Å². The third kappa shape index (κ3) is 5.71. The Morgan fingerprint density at radius 3 is 2.32 bits per heavy atom. The number of hydrogen-bond donors (Lipinski definition) is 3. The largest absolute Gasteiger partial charge is 0.459 e. The van der Waals surface area contributed by atoms with Gasteiger partial charge in [0.25, 0.3) is 6.01 Å². The van der Waals surface area contributed by atoms with Crippen LogP contribution in [-0.4, -0.2) is 57.7 Å². The molecule has 0 aliphatic rings. The van der Waals surface area contributed by atoms with Crippen molar-refractivity contribution in [2.75, 3.05) is 20.3 Å². The summed E-state index contributed by atoms with van der Waals surface area (Å²) in [7, 11) is 1.54. The van der Waals surface area contributed by atoms with Crippen molar-refractivity contribution in [2.24, 2.45) is 0 Å². The number of rotatable bonds is 10. The highest BCUT2D eigenvalue weighted by molar-refractivity contribution is 6.33. The van der Waals surface area contributed by atoms with Crippen LogP contribution < -0.4 is 4.74 Å². The molecule has 34 heavy (non-hydrogen) atoms. The molecule has 178 valence electrons. The molecule has 0 saturated heterocycles. The van der Waals surface area contributed by atoms with Gasteiger partial charge in [0.05, 0.1) is 28.9 Å². The molecule has 2 aromatic heterocycles. The number of aliphatic hydroxyl groups excluding tert-OH is 2. The summed E-state index contributed by atoms with van der Waals surface area (Å²) in [5.41, 5.74) is 4.29. The lowest BCUT2D eigenvalue weighted by Crippen LogP contribution is -2.28. The summed E-state index contributed by atoms with van der Waals surface area (Å²) in [6.45, 7) is 0.140. The van der Waals surface area contributed by atoms with E-state index in [2.05, 4.69) is 15.0 Å². The molecule has 0 aliphatic heterocycles. The molecule has 0 unspecified atom stereocenters. The normalized spacial score (nSPS) is 13.2. The number of imidazole rings is 1. The number of aliphatic hydroxyl groups is 2. The number of benzene rings is 2. The summed E-state index contributed by atoms with van der Waals surface area (Å²) < 4.78 is 24.2. The predicted octanol–water partition coefficient (Wildman–Crippen LogP) is 4.61. The topological polar surface area (TPSA) is 100 Å². The highest BCUT2D eigenvalue weighted by Gasteiger charge is 2.19. The number of H-pyrrole nitrogens is 1. The van der Waals surface area contributed by atoms with E-state index in [1.54, 1.807) is 25.3 Å². The summed E-state index contributed by atoms with van der Waals surface area (Å²) >= 11 is 6.51. The van der Waals surface area contributed by atoms with Gasteiger partial charge in [-0.25, -0.2) is 9.37 Å². The van der Waals surface area contributed by atoms with E-state index >= 15 is 0 Å². The van der Waals surface area contributed by atoms with Gasteiger partial charge in [0.2, 0.25) is 0 Å². The lowest BCUT2D eigenvalue weighted by Gasteiger charge is -2.19. The molecule has 0 radical (unpaired) electrons. The van der Waals surface area contributed by atoms with Crippen molar-refractivity contribution in [3.63, 3.8) is 0 Å². The lowest BCUT2D eigenvalue weighted by atomic mass is 10.0. The van der Waals surface area contributed by atoms with Gasteiger partial charge in [0, 0.05) is 25.7 Å². The molecule has 0 saturated carbocycles. The Hall–Kier alpha value is -3.04. The summed E-state index contributed by atoms with van der Waals surface area (Å²) in [6, 6.07) is 15.9. The standard InChI is InChI=1S/C25H25ClFN3O4/c1-33-14-20(12-19(32)10-11-31)34-25-28-22-13-21(26)23(29-24(22)30-25)17-4-2-15(3-5-17)16-6-8-18(27)9-7-16/h2-9,13,19-20,31-32H,10-12,14H2,1H3,(H,28,29,30)/t19-,20-/m1/s1. The Kier molecular flexibility index (Phi) is 7.74. The molecule has 2 atom stereocenters. The lowest BCUT2D eigenvalue weighted by molar-refractivity contribution is 0.0273. The van der Waals surface area contributed by atoms with Crippen molar-refractivity contribution >= 4 is 22.8 Å². The van der Waals surface area contributed by atoms with Crippen molar-refractivity contribution in [2.45, 2.75) is 25.0 Å². The smallest absolute Gasteiger partial charge is 0.296 e. The Labute approximate surface area is 201 Å². The van der Waals surface area contributed by atoms with Gasteiger partial charge in [0.15, 0.2) is 5.65 Å². The van der Waals surface area contributed by atoms with Crippen molar-refractivity contribution in [3.8, 4) is 28.4 Å². The van der Waals surface area contributed by atoms with Gasteiger partial charge in [0.1, 0.15) is 11.9 Å². The third-order valence-corrected chi connectivity index (χ3v) is 5.66. The van der Waals surface area contributed by atoms with Crippen LogP contribution in [0.5, 0.6) is 6.01 Å². The van der Waals surface area contributed by atoms with E-state index < -0.39 is 12.2 Å². The first-order valence-corrected chi connectivity index (χ1v) is 11.2. The zero-order valence-corrected chi connectivity index (χ0v) is 19.3. The van der Waals surface area contributed by atoms with Crippen LogP contribution in [0.4, 0.5) is 4.39 Å². The van der Waals surface area contributed by atoms with Gasteiger partial charge in [-0.3, -0.25) is 0 Å². The first-order valence-electron chi connectivity index (χ1n) is 10.8. The van der Waals surface area contributed by atoms with Gasteiger partial charge >= 0.3 is 0 Å². The van der Waals surface area contributed by atoms with Gasteiger partial charge < -0.3 is 24.7 Å². The molecule has 2 heterocycles. The molecule has 2 aromatic carbocycles. The Bertz CT molecular complexity index is 1230. The Balaban J connectivity index is 1.55. The van der Waals surface area contributed by atoms with Gasteiger partial charge in [-0.1, -0.05) is 48.0 Å². The molecule has 0 spiro atoms. The number of aromatic amines is 1. The fourth-order valence-corrected chi connectivity index (χ4v) is 3.94. The molecule has 7 nitrogen and oxygen atoms in total. The Morgan fingerprint density at radius 2 is 1.68 bits per heavy atom. The minimum absolute atomic E-state index is 0.110. The molecule has 9 heteroatoms.